The Morgan fingerprint density at radius 1 is 1.41 bits per heavy atom. The molecule has 0 saturated heterocycles. The van der Waals surface area contributed by atoms with Crippen molar-refractivity contribution in [1.29, 1.82) is 0 Å². The van der Waals surface area contributed by atoms with Crippen molar-refractivity contribution in [3.8, 4) is 0 Å². The van der Waals surface area contributed by atoms with Crippen molar-refractivity contribution >= 4 is 43.0 Å². The molecule has 0 spiro atoms. The minimum Gasteiger partial charge on any atom is -0.334 e. The van der Waals surface area contributed by atoms with Crippen molar-refractivity contribution in [3.63, 3.8) is 0 Å². The van der Waals surface area contributed by atoms with Crippen LogP contribution in [0, 0.1) is 0 Å². The van der Waals surface area contributed by atoms with E-state index in [4.69, 9.17) is 0 Å². The molecule has 2 heterocycles. The van der Waals surface area contributed by atoms with E-state index in [0.717, 1.165) is 12.8 Å². The molecular formula is C10H10BrNO3S2. The standard InChI is InChI=1S/C10H10BrNO3S2/c11-8-5-7-9(16-8)10(13)12(6-1-2-6)3-4-17(7,14)15/h5-6H,1-4H2. The summed E-state index contributed by atoms with van der Waals surface area (Å²) in [4.78, 5) is 14.5. The lowest BCUT2D eigenvalue weighted by Crippen LogP contribution is -2.34. The maximum absolute atomic E-state index is 12.3. The monoisotopic (exact) mass is 335 g/mol. The number of hydrogen-bond acceptors (Lipinski definition) is 4. The number of carbonyl (C=O) groups is 1. The maximum Gasteiger partial charge on any atom is 0.265 e. The molecule has 2 aliphatic rings. The quantitative estimate of drug-likeness (QED) is 0.787. The molecule has 0 radical (unpaired) electrons. The van der Waals surface area contributed by atoms with Crippen molar-refractivity contribution in [3.05, 3.63) is 14.7 Å². The number of nitrogens with zero attached hydrogens (tertiary/aromatic N) is 1. The molecular weight excluding hydrogens is 326 g/mol. The third-order valence-electron chi connectivity index (χ3n) is 3.05. The highest BCUT2D eigenvalue weighted by Gasteiger charge is 2.39. The van der Waals surface area contributed by atoms with Gasteiger partial charge in [-0.05, 0) is 34.8 Å². The summed E-state index contributed by atoms with van der Waals surface area (Å²) in [7, 11) is -3.31. The number of fused-ring (bicyclic) bond motifs is 1. The van der Waals surface area contributed by atoms with Crippen LogP contribution in [-0.2, 0) is 9.84 Å². The van der Waals surface area contributed by atoms with Gasteiger partial charge in [0.05, 0.1) is 14.4 Å². The number of rotatable bonds is 1. The first-order chi connectivity index (χ1) is 7.99. The predicted octanol–water partition coefficient (Wildman–Crippen LogP) is 1.90. The number of amides is 1. The number of sulfone groups is 1. The molecule has 0 bridgehead atoms. The highest BCUT2D eigenvalue weighted by Crippen LogP contribution is 2.37. The molecule has 1 amide bonds. The van der Waals surface area contributed by atoms with E-state index >= 15 is 0 Å². The lowest BCUT2D eigenvalue weighted by atomic mass is 10.4. The second-order valence-corrected chi connectivity index (χ2v) is 8.80. The fourth-order valence-electron chi connectivity index (χ4n) is 2.02. The van der Waals surface area contributed by atoms with Crippen LogP contribution in [0.15, 0.2) is 14.7 Å². The molecule has 0 N–H and O–H groups in total. The zero-order valence-corrected chi connectivity index (χ0v) is 12.1. The molecule has 0 atom stereocenters. The van der Waals surface area contributed by atoms with Gasteiger partial charge in [0.15, 0.2) is 9.84 Å². The van der Waals surface area contributed by atoms with E-state index in [1.807, 2.05) is 0 Å². The van der Waals surface area contributed by atoms with Crippen LogP contribution in [0.1, 0.15) is 22.5 Å². The largest absolute Gasteiger partial charge is 0.334 e. The van der Waals surface area contributed by atoms with Gasteiger partial charge in [0, 0.05) is 12.6 Å². The Bertz CT molecular complexity index is 589. The Balaban J connectivity index is 2.14. The Morgan fingerprint density at radius 2 is 2.12 bits per heavy atom. The van der Waals surface area contributed by atoms with Gasteiger partial charge < -0.3 is 4.90 Å². The van der Waals surface area contributed by atoms with Crippen LogP contribution in [0.25, 0.3) is 0 Å². The van der Waals surface area contributed by atoms with Gasteiger partial charge in [-0.15, -0.1) is 11.3 Å². The molecule has 0 aromatic carbocycles. The van der Waals surface area contributed by atoms with Gasteiger partial charge in [0.2, 0.25) is 0 Å². The first kappa shape index (κ1) is 11.7. The summed E-state index contributed by atoms with van der Waals surface area (Å²) in [5.41, 5.74) is 0. The SMILES string of the molecule is O=C1c2sc(Br)cc2S(=O)(=O)CCN1C1CC1. The molecule has 3 rings (SSSR count). The highest BCUT2D eigenvalue weighted by atomic mass is 79.9. The van der Waals surface area contributed by atoms with Crippen LogP contribution in [0.3, 0.4) is 0 Å². The van der Waals surface area contributed by atoms with Crippen molar-refractivity contribution in [2.45, 2.75) is 23.8 Å². The molecule has 1 aliphatic heterocycles. The van der Waals surface area contributed by atoms with Gasteiger partial charge in [-0.25, -0.2) is 8.42 Å². The zero-order chi connectivity index (χ0) is 12.2. The summed E-state index contributed by atoms with van der Waals surface area (Å²) < 4.78 is 24.8. The predicted molar refractivity (Wildman–Crippen MR) is 68.1 cm³/mol. The topological polar surface area (TPSA) is 54.5 Å². The van der Waals surface area contributed by atoms with Gasteiger partial charge >= 0.3 is 0 Å². The first-order valence-electron chi connectivity index (χ1n) is 5.32. The molecule has 1 fully saturated rings. The van der Waals surface area contributed by atoms with Crippen molar-refractivity contribution in [2.75, 3.05) is 12.3 Å². The smallest absolute Gasteiger partial charge is 0.265 e. The number of halogens is 1. The Labute approximate surface area is 112 Å². The van der Waals surface area contributed by atoms with Crippen LogP contribution in [0.5, 0.6) is 0 Å². The van der Waals surface area contributed by atoms with Crippen LogP contribution >= 0.6 is 27.3 Å². The van der Waals surface area contributed by atoms with E-state index in [1.165, 1.54) is 11.3 Å². The number of thiophene rings is 1. The number of hydrogen-bond donors (Lipinski definition) is 0. The van der Waals surface area contributed by atoms with Crippen molar-refractivity contribution in [1.82, 2.24) is 4.90 Å². The third-order valence-corrected chi connectivity index (χ3v) is 6.51. The Hall–Kier alpha value is -0.400. The fourth-order valence-corrected chi connectivity index (χ4v) is 5.53. The van der Waals surface area contributed by atoms with Gasteiger partial charge in [-0.3, -0.25) is 4.79 Å². The summed E-state index contributed by atoms with van der Waals surface area (Å²) in [5, 5.41) is 0. The fraction of sp³-hybridized carbons (Fsp3) is 0.500. The van der Waals surface area contributed by atoms with Gasteiger partial charge in [-0.2, -0.15) is 0 Å². The molecule has 1 aromatic rings. The van der Waals surface area contributed by atoms with E-state index in [1.54, 1.807) is 11.0 Å². The normalized spacial score (nSPS) is 23.4. The van der Waals surface area contributed by atoms with Crippen LogP contribution in [-0.4, -0.2) is 37.6 Å². The molecule has 7 heteroatoms. The number of carbonyl (C=O) groups excluding carboxylic acids is 1. The van der Waals surface area contributed by atoms with Crippen LogP contribution in [0.2, 0.25) is 0 Å². The molecule has 17 heavy (non-hydrogen) atoms. The van der Waals surface area contributed by atoms with E-state index < -0.39 is 9.84 Å². The minimum absolute atomic E-state index is 0.0331. The van der Waals surface area contributed by atoms with Gasteiger partial charge in [-0.1, -0.05) is 0 Å². The molecule has 1 saturated carbocycles. The maximum atomic E-state index is 12.3. The van der Waals surface area contributed by atoms with E-state index in [9.17, 15) is 13.2 Å². The first-order valence-corrected chi connectivity index (χ1v) is 8.58. The Morgan fingerprint density at radius 3 is 2.76 bits per heavy atom. The molecule has 0 unspecified atom stereocenters. The Kier molecular flexibility index (Phi) is 2.61. The summed E-state index contributed by atoms with van der Waals surface area (Å²) in [6.45, 7) is 0.324. The molecule has 92 valence electrons. The van der Waals surface area contributed by atoms with Crippen molar-refractivity contribution < 1.29 is 13.2 Å². The third kappa shape index (κ3) is 1.94. The lowest BCUT2D eigenvalue weighted by Gasteiger charge is -2.18. The second-order valence-electron chi connectivity index (χ2n) is 4.29. The summed E-state index contributed by atoms with van der Waals surface area (Å²) >= 11 is 4.46. The zero-order valence-electron chi connectivity index (χ0n) is 8.85. The van der Waals surface area contributed by atoms with E-state index in [2.05, 4.69) is 15.9 Å². The average molecular weight is 336 g/mol. The average Bonchev–Trinajstić information content (AvgIpc) is 3.00. The van der Waals surface area contributed by atoms with Gasteiger partial charge in [0.25, 0.3) is 5.91 Å². The molecule has 1 aliphatic carbocycles. The minimum atomic E-state index is -3.31. The van der Waals surface area contributed by atoms with Gasteiger partial charge in [0.1, 0.15) is 4.88 Å². The lowest BCUT2D eigenvalue weighted by molar-refractivity contribution is 0.0758. The van der Waals surface area contributed by atoms with Crippen LogP contribution < -0.4 is 0 Å². The summed E-state index contributed by atoms with van der Waals surface area (Å²) in [6.07, 6.45) is 1.99. The van der Waals surface area contributed by atoms with Crippen LogP contribution in [0.4, 0.5) is 0 Å². The molecule has 1 aromatic heterocycles. The summed E-state index contributed by atoms with van der Waals surface area (Å²) in [6, 6.07) is 1.80. The van der Waals surface area contributed by atoms with E-state index in [0.29, 0.717) is 15.2 Å². The molecule has 4 nitrogen and oxygen atoms in total. The van der Waals surface area contributed by atoms with E-state index in [-0.39, 0.29) is 22.6 Å². The summed E-state index contributed by atoms with van der Waals surface area (Å²) in [5.74, 6) is -0.0925. The highest BCUT2D eigenvalue weighted by molar-refractivity contribution is 9.11. The van der Waals surface area contributed by atoms with Crippen molar-refractivity contribution in [2.24, 2.45) is 0 Å². The second kappa shape index (κ2) is 3.80.